The molecular weight excluding hydrogens is 401 g/mol. The largest absolute Gasteiger partial charge is 0.487 e. The molecule has 32 heavy (non-hydrogen) atoms. The van der Waals surface area contributed by atoms with E-state index in [4.69, 9.17) is 9.31 Å². The summed E-state index contributed by atoms with van der Waals surface area (Å²) >= 11 is 0. The number of likely N-dealkylation sites (N-methyl/N-ethyl adjacent to an activating group) is 1. The van der Waals surface area contributed by atoms with Crippen LogP contribution in [0.1, 0.15) is 40.2 Å². The molecule has 0 atom stereocenters. The summed E-state index contributed by atoms with van der Waals surface area (Å²) in [5.74, 6) is 2.48. The van der Waals surface area contributed by atoms with Gasteiger partial charge in [0.25, 0.3) is 0 Å². The van der Waals surface area contributed by atoms with Gasteiger partial charge in [0.05, 0.1) is 11.2 Å². The maximum atomic E-state index is 5.98. The summed E-state index contributed by atoms with van der Waals surface area (Å²) in [6.45, 7) is 15.9. The van der Waals surface area contributed by atoms with Crippen LogP contribution >= 0.6 is 0 Å². The molecule has 0 unspecified atom stereocenters. The Labute approximate surface area is 192 Å². The molecule has 0 amide bonds. The second-order valence-corrected chi connectivity index (χ2v) is 9.42. The molecule has 2 saturated heterocycles. The van der Waals surface area contributed by atoms with Crippen LogP contribution in [-0.2, 0) is 9.31 Å². The lowest BCUT2D eigenvalue weighted by molar-refractivity contribution is 0.00578. The predicted octanol–water partition coefficient (Wildman–Crippen LogP) is 4.01. The van der Waals surface area contributed by atoms with E-state index in [0.717, 1.165) is 44.0 Å². The van der Waals surface area contributed by atoms with Crippen molar-refractivity contribution >= 4 is 30.5 Å². The topological polar surface area (TPSA) is 62.8 Å². The fourth-order valence-corrected chi connectivity index (χ4v) is 3.85. The van der Waals surface area contributed by atoms with Crippen molar-refractivity contribution in [3.05, 3.63) is 48.2 Å². The monoisotopic (exact) mass is 435 g/mol. The molecule has 2 aromatic rings. The van der Waals surface area contributed by atoms with Gasteiger partial charge < -0.3 is 24.4 Å². The Morgan fingerprint density at radius 3 is 2.12 bits per heavy atom. The lowest BCUT2D eigenvalue weighted by atomic mass is 9.89. The number of nitrogens with zero attached hydrogens (tertiary/aromatic N) is 4. The van der Waals surface area contributed by atoms with Crippen LogP contribution in [0.4, 0.5) is 17.3 Å². The number of hydrogen-bond acceptors (Lipinski definition) is 7. The number of anilines is 3. The summed E-state index contributed by atoms with van der Waals surface area (Å²) in [7, 11) is -0.374. The van der Waals surface area contributed by atoms with Gasteiger partial charge in [0, 0.05) is 55.5 Å². The zero-order valence-corrected chi connectivity index (χ0v) is 19.8. The van der Waals surface area contributed by atoms with Gasteiger partial charge in [-0.15, -0.1) is 0 Å². The lowest BCUT2D eigenvalue weighted by Gasteiger charge is -2.35. The van der Waals surface area contributed by atoms with E-state index in [0.29, 0.717) is 5.95 Å². The quantitative estimate of drug-likeness (QED) is 0.688. The summed E-state index contributed by atoms with van der Waals surface area (Å²) < 4.78 is 12.0. The van der Waals surface area contributed by atoms with Crippen molar-refractivity contribution in [2.45, 2.75) is 45.8 Å². The van der Waals surface area contributed by atoms with Crippen LogP contribution in [-0.4, -0.2) is 65.9 Å². The molecule has 0 spiro atoms. The third kappa shape index (κ3) is 5.14. The highest BCUT2D eigenvalue weighted by Gasteiger charge is 2.50. The molecule has 4 rings (SSSR count). The Hall–Kier alpha value is -2.42. The van der Waals surface area contributed by atoms with E-state index >= 15 is 0 Å². The van der Waals surface area contributed by atoms with E-state index in [1.54, 1.807) is 12.4 Å². The minimum atomic E-state index is -0.374. The van der Waals surface area contributed by atoms with Gasteiger partial charge in [-0.1, -0.05) is 19.0 Å². The molecule has 1 aromatic heterocycles. The van der Waals surface area contributed by atoms with Gasteiger partial charge >= 0.3 is 7.12 Å². The molecule has 7 nitrogen and oxygen atoms in total. The van der Waals surface area contributed by atoms with Gasteiger partial charge in [0.15, 0.2) is 0 Å². The van der Waals surface area contributed by atoms with E-state index in [1.807, 2.05) is 39.7 Å². The van der Waals surface area contributed by atoms with Gasteiger partial charge in [-0.3, -0.25) is 0 Å². The second-order valence-electron chi connectivity index (χ2n) is 9.42. The number of hydrogen-bond donors (Lipinski definition) is 1. The van der Waals surface area contributed by atoms with Gasteiger partial charge in [-0.05, 0) is 58.5 Å². The molecule has 0 radical (unpaired) electrons. The fourth-order valence-electron chi connectivity index (χ4n) is 3.85. The van der Waals surface area contributed by atoms with Gasteiger partial charge in [-0.25, -0.2) is 9.97 Å². The lowest BCUT2D eigenvalue weighted by Crippen LogP contribution is -2.46. The normalized spacial score (nSPS) is 20.8. The summed E-state index contributed by atoms with van der Waals surface area (Å²) in [5.41, 5.74) is 2.45. The molecule has 170 valence electrons. The summed E-state index contributed by atoms with van der Waals surface area (Å²) in [4.78, 5) is 13.8. The standard InChI is InChI=1S/C24H34BN5O2/c1-6-29-13-15-30(16-14-29)21-9-7-20(8-10-21)28-22-26-17-19(18-27-22)11-12-25-31-23(2,3)24(4,5)32-25/h7-12,17-18H,6,13-16H2,1-5H3,(H,26,27,28)/b12-11+. The highest BCUT2D eigenvalue weighted by Crippen LogP contribution is 2.37. The average molecular weight is 435 g/mol. The zero-order valence-electron chi connectivity index (χ0n) is 19.8. The smallest absolute Gasteiger partial charge is 0.400 e. The van der Waals surface area contributed by atoms with E-state index in [2.05, 4.69) is 56.3 Å². The van der Waals surface area contributed by atoms with Crippen molar-refractivity contribution in [2.75, 3.05) is 42.9 Å². The SMILES string of the molecule is CCN1CCN(c2ccc(Nc3ncc(/C=C/B4OC(C)(C)C(C)(C)O4)cn3)cc2)CC1. The highest BCUT2D eigenvalue weighted by atomic mass is 16.7. The molecular formula is C24H34BN5O2. The third-order valence-corrected chi connectivity index (χ3v) is 6.70. The predicted molar refractivity (Wildman–Crippen MR) is 131 cm³/mol. The number of benzene rings is 1. The first-order valence-corrected chi connectivity index (χ1v) is 11.5. The Morgan fingerprint density at radius 1 is 0.969 bits per heavy atom. The van der Waals surface area contributed by atoms with Crippen LogP contribution in [0.5, 0.6) is 0 Å². The van der Waals surface area contributed by atoms with Gasteiger partial charge in [0.2, 0.25) is 5.95 Å². The number of rotatable bonds is 6. The van der Waals surface area contributed by atoms with Gasteiger partial charge in [-0.2, -0.15) is 0 Å². The molecule has 3 heterocycles. The van der Waals surface area contributed by atoms with Crippen LogP contribution in [0.15, 0.2) is 42.6 Å². The molecule has 1 aromatic carbocycles. The van der Waals surface area contributed by atoms with Crippen molar-refractivity contribution in [1.82, 2.24) is 14.9 Å². The Kier molecular flexibility index (Phi) is 6.56. The Morgan fingerprint density at radius 2 is 1.56 bits per heavy atom. The number of aromatic nitrogens is 2. The van der Waals surface area contributed by atoms with E-state index in [9.17, 15) is 0 Å². The van der Waals surface area contributed by atoms with Gasteiger partial charge in [0.1, 0.15) is 0 Å². The van der Waals surface area contributed by atoms with Crippen molar-refractivity contribution in [1.29, 1.82) is 0 Å². The number of nitrogens with one attached hydrogen (secondary N) is 1. The molecule has 2 aliphatic heterocycles. The van der Waals surface area contributed by atoms with E-state index < -0.39 is 0 Å². The first kappa shape index (κ1) is 22.8. The van der Waals surface area contributed by atoms with Crippen LogP contribution < -0.4 is 10.2 Å². The first-order chi connectivity index (χ1) is 15.3. The molecule has 8 heteroatoms. The highest BCUT2D eigenvalue weighted by molar-refractivity contribution is 6.52. The summed E-state index contributed by atoms with van der Waals surface area (Å²) in [6, 6.07) is 8.48. The molecule has 0 saturated carbocycles. The van der Waals surface area contributed by atoms with Crippen LogP contribution in [0, 0.1) is 0 Å². The van der Waals surface area contributed by atoms with Crippen LogP contribution in [0.25, 0.3) is 6.08 Å². The van der Waals surface area contributed by atoms with Crippen molar-refractivity contribution < 1.29 is 9.31 Å². The second kappa shape index (κ2) is 9.21. The molecule has 2 aliphatic rings. The van der Waals surface area contributed by atoms with Crippen molar-refractivity contribution in [3.63, 3.8) is 0 Å². The maximum absolute atomic E-state index is 5.98. The molecule has 0 bridgehead atoms. The van der Waals surface area contributed by atoms with Crippen molar-refractivity contribution in [2.24, 2.45) is 0 Å². The maximum Gasteiger partial charge on any atom is 0.487 e. The zero-order chi connectivity index (χ0) is 22.8. The summed E-state index contributed by atoms with van der Waals surface area (Å²) in [5, 5.41) is 3.27. The average Bonchev–Trinajstić information content (AvgIpc) is 3.00. The minimum Gasteiger partial charge on any atom is -0.400 e. The minimum absolute atomic E-state index is 0.342. The van der Waals surface area contributed by atoms with Crippen LogP contribution in [0.2, 0.25) is 0 Å². The summed E-state index contributed by atoms with van der Waals surface area (Å²) in [6.07, 6.45) is 5.51. The molecule has 1 N–H and O–H groups in total. The molecule has 2 fully saturated rings. The van der Waals surface area contributed by atoms with Crippen LogP contribution in [0.3, 0.4) is 0 Å². The Balaban J connectivity index is 1.31. The van der Waals surface area contributed by atoms with E-state index in [-0.39, 0.29) is 18.3 Å². The first-order valence-electron chi connectivity index (χ1n) is 11.5. The molecule has 0 aliphatic carbocycles. The third-order valence-electron chi connectivity index (χ3n) is 6.70. The van der Waals surface area contributed by atoms with E-state index in [1.165, 1.54) is 5.69 Å². The fraction of sp³-hybridized carbons (Fsp3) is 0.500. The number of piperazine rings is 1. The van der Waals surface area contributed by atoms with Crippen molar-refractivity contribution in [3.8, 4) is 0 Å². The Bertz CT molecular complexity index is 906.